The van der Waals surface area contributed by atoms with Gasteiger partial charge in [-0.15, -0.1) is 11.3 Å². The Kier molecular flexibility index (Phi) is 9.39. The molecule has 2 N–H and O–H groups in total. The highest BCUT2D eigenvalue weighted by Crippen LogP contribution is 2.32. The quantitative estimate of drug-likeness (QED) is 0.358. The molecule has 0 radical (unpaired) electrons. The number of amides is 1. The second-order valence-corrected chi connectivity index (χ2v) is 10.4. The fourth-order valence-corrected chi connectivity index (χ4v) is 5.03. The van der Waals surface area contributed by atoms with Crippen LogP contribution in [0.1, 0.15) is 27.7 Å². The van der Waals surface area contributed by atoms with E-state index in [4.69, 9.17) is 32.7 Å². The SMILES string of the molecule is CCOc1cc(NCc2cnc(Cl)s2)c(Cl)cc1C(=O)NCC1CN(Cc2ccc(F)cc2)CCO1. The summed E-state index contributed by atoms with van der Waals surface area (Å²) < 4.78 is 25.2. The summed E-state index contributed by atoms with van der Waals surface area (Å²) in [6, 6.07) is 9.82. The third-order valence-corrected chi connectivity index (χ3v) is 7.05. The summed E-state index contributed by atoms with van der Waals surface area (Å²) in [6.45, 7) is 5.77. The van der Waals surface area contributed by atoms with Crippen LogP contribution in [0.3, 0.4) is 0 Å². The van der Waals surface area contributed by atoms with Crippen molar-refractivity contribution in [3.8, 4) is 5.75 Å². The molecule has 3 aromatic rings. The van der Waals surface area contributed by atoms with Crippen molar-refractivity contribution in [1.82, 2.24) is 15.2 Å². The van der Waals surface area contributed by atoms with E-state index >= 15 is 0 Å². The number of carbonyl (C=O) groups is 1. The smallest absolute Gasteiger partial charge is 0.255 e. The first kappa shape index (κ1) is 26.6. The third-order valence-electron chi connectivity index (χ3n) is 5.62. The molecule has 0 spiro atoms. The molecule has 1 aromatic heterocycles. The van der Waals surface area contributed by atoms with Gasteiger partial charge in [-0.25, -0.2) is 9.37 Å². The number of thiazole rings is 1. The summed E-state index contributed by atoms with van der Waals surface area (Å²) >= 11 is 13.8. The Balaban J connectivity index is 1.35. The lowest BCUT2D eigenvalue weighted by atomic mass is 10.1. The van der Waals surface area contributed by atoms with Crippen LogP contribution >= 0.6 is 34.5 Å². The predicted molar refractivity (Wildman–Crippen MR) is 141 cm³/mol. The van der Waals surface area contributed by atoms with Crippen molar-refractivity contribution in [1.29, 1.82) is 0 Å². The molecular weight excluding hydrogens is 526 g/mol. The van der Waals surface area contributed by atoms with E-state index in [0.717, 1.165) is 17.0 Å². The first-order valence-corrected chi connectivity index (χ1v) is 13.2. The second-order valence-electron chi connectivity index (χ2n) is 8.26. The van der Waals surface area contributed by atoms with Crippen LogP contribution in [0, 0.1) is 5.82 Å². The zero-order valence-electron chi connectivity index (χ0n) is 19.7. The minimum absolute atomic E-state index is 0.165. The van der Waals surface area contributed by atoms with Crippen molar-refractivity contribution in [2.45, 2.75) is 26.1 Å². The van der Waals surface area contributed by atoms with Gasteiger partial charge in [-0.05, 0) is 30.7 Å². The van der Waals surface area contributed by atoms with E-state index in [2.05, 4.69) is 20.5 Å². The van der Waals surface area contributed by atoms with Gasteiger partial charge in [0.05, 0.1) is 42.1 Å². The molecule has 2 heterocycles. The molecule has 0 bridgehead atoms. The fraction of sp³-hybridized carbons (Fsp3) is 0.360. The molecule has 1 aliphatic heterocycles. The number of ether oxygens (including phenoxy) is 2. The van der Waals surface area contributed by atoms with Gasteiger partial charge in [0.25, 0.3) is 5.91 Å². The Morgan fingerprint density at radius 3 is 2.83 bits per heavy atom. The molecule has 0 saturated carbocycles. The molecule has 1 aliphatic rings. The summed E-state index contributed by atoms with van der Waals surface area (Å²) in [4.78, 5) is 20.3. The number of hydrogen-bond acceptors (Lipinski definition) is 7. The van der Waals surface area contributed by atoms with Gasteiger partial charge in [0.1, 0.15) is 11.6 Å². The molecule has 1 unspecified atom stereocenters. The van der Waals surface area contributed by atoms with Gasteiger partial charge in [-0.3, -0.25) is 9.69 Å². The van der Waals surface area contributed by atoms with Crippen LogP contribution in [-0.4, -0.2) is 54.7 Å². The number of carbonyl (C=O) groups excluding carboxylic acids is 1. The van der Waals surface area contributed by atoms with E-state index in [9.17, 15) is 9.18 Å². The lowest BCUT2D eigenvalue weighted by Gasteiger charge is -2.33. The number of aromatic nitrogens is 1. The minimum atomic E-state index is -0.291. The first-order chi connectivity index (χ1) is 17.4. The van der Waals surface area contributed by atoms with Gasteiger partial charge in [0, 0.05) is 43.3 Å². The van der Waals surface area contributed by atoms with Crippen LogP contribution in [0.25, 0.3) is 0 Å². The van der Waals surface area contributed by atoms with Gasteiger partial charge in [-0.2, -0.15) is 0 Å². The third kappa shape index (κ3) is 7.30. The maximum Gasteiger partial charge on any atom is 0.255 e. The summed E-state index contributed by atoms with van der Waals surface area (Å²) in [5, 5.41) is 6.59. The predicted octanol–water partition coefficient (Wildman–Crippen LogP) is 5.23. The number of morpholine rings is 1. The topological polar surface area (TPSA) is 75.7 Å². The van der Waals surface area contributed by atoms with Crippen molar-refractivity contribution < 1.29 is 18.7 Å². The van der Waals surface area contributed by atoms with E-state index in [1.54, 1.807) is 30.5 Å². The molecule has 1 amide bonds. The molecule has 1 fully saturated rings. The Labute approximate surface area is 223 Å². The van der Waals surface area contributed by atoms with Crippen LogP contribution in [0.4, 0.5) is 10.1 Å². The lowest BCUT2D eigenvalue weighted by molar-refractivity contribution is -0.0292. The molecule has 1 saturated heterocycles. The summed E-state index contributed by atoms with van der Waals surface area (Å²) in [5.74, 6) is -0.103. The highest BCUT2D eigenvalue weighted by molar-refractivity contribution is 7.15. The van der Waals surface area contributed by atoms with Crippen LogP contribution < -0.4 is 15.4 Å². The lowest BCUT2D eigenvalue weighted by Crippen LogP contribution is -2.47. The molecular formula is C25H27Cl2FN4O3S. The fourth-order valence-electron chi connectivity index (χ4n) is 3.89. The summed E-state index contributed by atoms with van der Waals surface area (Å²) in [6.07, 6.45) is 1.54. The van der Waals surface area contributed by atoms with Gasteiger partial charge >= 0.3 is 0 Å². The van der Waals surface area contributed by atoms with E-state index in [1.165, 1.54) is 23.5 Å². The highest BCUT2D eigenvalue weighted by Gasteiger charge is 2.23. The van der Waals surface area contributed by atoms with Crippen molar-refractivity contribution in [3.05, 3.63) is 73.9 Å². The molecule has 7 nitrogen and oxygen atoms in total. The van der Waals surface area contributed by atoms with Crippen molar-refractivity contribution >= 4 is 46.1 Å². The van der Waals surface area contributed by atoms with E-state index in [-0.39, 0.29) is 17.8 Å². The van der Waals surface area contributed by atoms with E-state index in [1.807, 2.05) is 6.92 Å². The Morgan fingerprint density at radius 1 is 1.31 bits per heavy atom. The molecule has 4 rings (SSSR count). The second kappa shape index (κ2) is 12.7. The Bertz CT molecular complexity index is 1180. The van der Waals surface area contributed by atoms with Gasteiger partial charge in [0.2, 0.25) is 0 Å². The monoisotopic (exact) mass is 552 g/mol. The zero-order chi connectivity index (χ0) is 25.5. The number of hydrogen-bond donors (Lipinski definition) is 2. The average molecular weight is 553 g/mol. The van der Waals surface area contributed by atoms with Gasteiger partial charge in [0.15, 0.2) is 4.47 Å². The molecule has 11 heteroatoms. The highest BCUT2D eigenvalue weighted by atomic mass is 35.5. The molecule has 0 aliphatic carbocycles. The van der Waals surface area contributed by atoms with Gasteiger partial charge in [-0.1, -0.05) is 35.3 Å². The standard InChI is InChI=1S/C25H27Cl2FN4O3S/c1-2-34-23-10-22(29-12-19-13-31-25(27)36-19)21(26)9-20(23)24(33)30-11-18-15-32(7-8-35-18)14-16-3-5-17(28)6-4-16/h3-6,9-10,13,18,29H,2,7-8,11-12,14-15H2,1H3,(H,30,33). The maximum atomic E-state index is 13.2. The normalized spacial score (nSPS) is 16.1. The van der Waals surface area contributed by atoms with Crippen molar-refractivity contribution in [2.24, 2.45) is 0 Å². The van der Waals surface area contributed by atoms with Crippen LogP contribution in [-0.2, 0) is 17.8 Å². The molecule has 192 valence electrons. The number of nitrogens with zero attached hydrogens (tertiary/aromatic N) is 2. The Morgan fingerprint density at radius 2 is 2.11 bits per heavy atom. The van der Waals surface area contributed by atoms with Crippen molar-refractivity contribution in [2.75, 3.05) is 38.2 Å². The summed E-state index contributed by atoms with van der Waals surface area (Å²) in [7, 11) is 0. The Hall–Kier alpha value is -2.43. The number of nitrogens with one attached hydrogen (secondary N) is 2. The largest absolute Gasteiger partial charge is 0.493 e. The maximum absolute atomic E-state index is 13.2. The minimum Gasteiger partial charge on any atom is -0.493 e. The van der Waals surface area contributed by atoms with E-state index < -0.39 is 0 Å². The van der Waals surface area contributed by atoms with Crippen LogP contribution in [0.2, 0.25) is 9.49 Å². The molecule has 2 aromatic carbocycles. The zero-order valence-corrected chi connectivity index (χ0v) is 22.1. The number of halogens is 3. The average Bonchev–Trinajstić information content (AvgIpc) is 3.29. The number of anilines is 1. The first-order valence-electron chi connectivity index (χ1n) is 11.6. The summed E-state index contributed by atoms with van der Waals surface area (Å²) in [5.41, 5.74) is 2.03. The molecule has 36 heavy (non-hydrogen) atoms. The number of rotatable bonds is 10. The van der Waals surface area contributed by atoms with E-state index in [0.29, 0.717) is 65.9 Å². The van der Waals surface area contributed by atoms with Crippen LogP contribution in [0.5, 0.6) is 5.75 Å². The molecule has 1 atom stereocenters. The van der Waals surface area contributed by atoms with Crippen LogP contribution in [0.15, 0.2) is 42.6 Å². The van der Waals surface area contributed by atoms with Crippen molar-refractivity contribution in [3.63, 3.8) is 0 Å². The number of benzene rings is 2. The van der Waals surface area contributed by atoms with Gasteiger partial charge < -0.3 is 20.1 Å².